The Balaban J connectivity index is 1.60. The normalized spacial score (nSPS) is 12.2. The van der Waals surface area contributed by atoms with Crippen LogP contribution in [0.1, 0.15) is 24.5 Å². The molecule has 2 aromatic carbocycles. The zero-order valence-electron chi connectivity index (χ0n) is 13.1. The van der Waals surface area contributed by atoms with Crippen LogP contribution in [0.3, 0.4) is 0 Å². The molecule has 1 heterocycles. The molecule has 25 heavy (non-hydrogen) atoms. The monoisotopic (exact) mass is 398 g/mol. The summed E-state index contributed by atoms with van der Waals surface area (Å²) in [5.41, 5.74) is 0.923. The molecule has 0 unspecified atom stereocenters. The molecule has 0 aliphatic heterocycles. The van der Waals surface area contributed by atoms with Gasteiger partial charge in [0.1, 0.15) is 11.6 Å². The van der Waals surface area contributed by atoms with Gasteiger partial charge in [-0.05, 0) is 48.9 Å². The first-order valence-electron chi connectivity index (χ1n) is 7.33. The second-order valence-corrected chi connectivity index (χ2v) is 6.91. The molecule has 4 nitrogen and oxygen atoms in total. The van der Waals surface area contributed by atoms with Gasteiger partial charge < -0.3 is 9.15 Å². The Hall–Kier alpha value is -1.76. The molecule has 1 aromatic heterocycles. The van der Waals surface area contributed by atoms with E-state index in [1.807, 2.05) is 6.07 Å². The minimum atomic E-state index is -0.452. The van der Waals surface area contributed by atoms with Crippen LogP contribution < -0.4 is 4.74 Å². The third kappa shape index (κ3) is 4.87. The van der Waals surface area contributed by atoms with E-state index in [9.17, 15) is 4.39 Å². The molecule has 0 amide bonds. The minimum absolute atomic E-state index is 0.322. The maximum absolute atomic E-state index is 12.9. The summed E-state index contributed by atoms with van der Waals surface area (Å²) >= 11 is 13.4. The number of hydrogen-bond acceptors (Lipinski definition) is 5. The molecule has 0 saturated carbocycles. The summed E-state index contributed by atoms with van der Waals surface area (Å²) in [6.07, 6.45) is -0.452. The van der Waals surface area contributed by atoms with Crippen molar-refractivity contribution in [2.45, 2.75) is 24.0 Å². The number of rotatable bonds is 6. The zero-order chi connectivity index (χ0) is 17.8. The van der Waals surface area contributed by atoms with Crippen LogP contribution in [-0.4, -0.2) is 10.2 Å². The number of halogens is 3. The SMILES string of the molecule is C[C@@H](Oc1ccc(F)cc1)c1nnc(SCc2ccc(Cl)cc2Cl)o1. The summed E-state index contributed by atoms with van der Waals surface area (Å²) in [4.78, 5) is 0. The molecule has 0 aliphatic carbocycles. The Labute approximate surface area is 158 Å². The molecule has 1 atom stereocenters. The number of aromatic nitrogens is 2. The highest BCUT2D eigenvalue weighted by Gasteiger charge is 2.16. The van der Waals surface area contributed by atoms with Crippen LogP contribution in [0.25, 0.3) is 0 Å². The Morgan fingerprint density at radius 2 is 1.92 bits per heavy atom. The number of ether oxygens (including phenoxy) is 1. The van der Waals surface area contributed by atoms with Crippen molar-refractivity contribution in [1.82, 2.24) is 10.2 Å². The average Bonchev–Trinajstić information content (AvgIpc) is 3.05. The first kappa shape index (κ1) is 18.0. The van der Waals surface area contributed by atoms with E-state index in [1.54, 1.807) is 31.2 Å². The van der Waals surface area contributed by atoms with E-state index in [2.05, 4.69) is 10.2 Å². The molecule has 0 N–H and O–H groups in total. The van der Waals surface area contributed by atoms with Crippen molar-refractivity contribution >= 4 is 35.0 Å². The highest BCUT2D eigenvalue weighted by Crippen LogP contribution is 2.29. The zero-order valence-corrected chi connectivity index (χ0v) is 15.4. The van der Waals surface area contributed by atoms with E-state index in [-0.39, 0.29) is 5.82 Å². The summed E-state index contributed by atoms with van der Waals surface area (Å²) < 4.78 is 24.2. The summed E-state index contributed by atoms with van der Waals surface area (Å²) in [6, 6.07) is 11.1. The number of hydrogen-bond donors (Lipinski definition) is 0. The average molecular weight is 399 g/mol. The van der Waals surface area contributed by atoms with Crippen molar-refractivity contribution in [3.63, 3.8) is 0 Å². The number of benzene rings is 2. The summed E-state index contributed by atoms with van der Waals surface area (Å²) in [6.45, 7) is 1.78. The summed E-state index contributed by atoms with van der Waals surface area (Å²) in [7, 11) is 0. The van der Waals surface area contributed by atoms with Crippen molar-refractivity contribution in [2.75, 3.05) is 0 Å². The van der Waals surface area contributed by atoms with Gasteiger partial charge in [0.15, 0.2) is 6.10 Å². The molecule has 130 valence electrons. The van der Waals surface area contributed by atoms with Gasteiger partial charge in [-0.3, -0.25) is 0 Å². The van der Waals surface area contributed by atoms with E-state index >= 15 is 0 Å². The Kier molecular flexibility index (Phi) is 5.83. The molecule has 8 heteroatoms. The van der Waals surface area contributed by atoms with Gasteiger partial charge in [-0.2, -0.15) is 0 Å². The lowest BCUT2D eigenvalue weighted by atomic mass is 10.2. The molecule has 3 rings (SSSR count). The first-order chi connectivity index (χ1) is 12.0. The second kappa shape index (κ2) is 8.08. The fourth-order valence-electron chi connectivity index (χ4n) is 1.99. The van der Waals surface area contributed by atoms with Crippen molar-refractivity contribution < 1.29 is 13.5 Å². The number of thioether (sulfide) groups is 1. The topological polar surface area (TPSA) is 48.2 Å². The van der Waals surface area contributed by atoms with Crippen LogP contribution in [0.15, 0.2) is 52.1 Å². The lowest BCUT2D eigenvalue weighted by Crippen LogP contribution is -2.03. The molecule has 0 aliphatic rings. The maximum Gasteiger partial charge on any atom is 0.277 e. The summed E-state index contributed by atoms with van der Waals surface area (Å²) in [5.74, 6) is 1.12. The molecular weight excluding hydrogens is 386 g/mol. The number of nitrogens with zero attached hydrogens (tertiary/aromatic N) is 2. The van der Waals surface area contributed by atoms with Crippen molar-refractivity contribution in [1.29, 1.82) is 0 Å². The van der Waals surface area contributed by atoms with Crippen LogP contribution >= 0.6 is 35.0 Å². The van der Waals surface area contributed by atoms with Crippen molar-refractivity contribution in [3.8, 4) is 5.75 Å². The van der Waals surface area contributed by atoms with Gasteiger partial charge in [-0.1, -0.05) is 41.0 Å². The van der Waals surface area contributed by atoms with Gasteiger partial charge in [0.05, 0.1) is 0 Å². The fraction of sp³-hybridized carbons (Fsp3) is 0.176. The highest BCUT2D eigenvalue weighted by atomic mass is 35.5. The van der Waals surface area contributed by atoms with Gasteiger partial charge in [0.2, 0.25) is 0 Å². The molecule has 0 saturated heterocycles. The van der Waals surface area contributed by atoms with E-state index in [4.69, 9.17) is 32.4 Å². The van der Waals surface area contributed by atoms with Gasteiger partial charge in [0.25, 0.3) is 11.1 Å². The van der Waals surface area contributed by atoms with E-state index in [0.29, 0.717) is 32.7 Å². The van der Waals surface area contributed by atoms with Crippen LogP contribution in [0, 0.1) is 5.82 Å². The quantitative estimate of drug-likeness (QED) is 0.480. The minimum Gasteiger partial charge on any atom is -0.481 e. The van der Waals surface area contributed by atoms with Crippen LogP contribution in [-0.2, 0) is 5.75 Å². The molecule has 0 spiro atoms. The molecule has 0 bridgehead atoms. The van der Waals surface area contributed by atoms with Gasteiger partial charge in [0, 0.05) is 15.8 Å². The summed E-state index contributed by atoms with van der Waals surface area (Å²) in [5, 5.41) is 9.57. The first-order valence-corrected chi connectivity index (χ1v) is 9.08. The third-order valence-electron chi connectivity index (χ3n) is 3.26. The third-order valence-corrected chi connectivity index (χ3v) is 4.72. The lowest BCUT2D eigenvalue weighted by Gasteiger charge is -2.10. The van der Waals surface area contributed by atoms with Crippen LogP contribution in [0.5, 0.6) is 5.75 Å². The van der Waals surface area contributed by atoms with Gasteiger partial charge in [-0.15, -0.1) is 10.2 Å². The predicted molar refractivity (Wildman–Crippen MR) is 95.8 cm³/mol. The fourth-order valence-corrected chi connectivity index (χ4v) is 3.32. The molecule has 0 fully saturated rings. The van der Waals surface area contributed by atoms with Crippen LogP contribution in [0.2, 0.25) is 10.0 Å². The Morgan fingerprint density at radius 1 is 1.16 bits per heavy atom. The Bertz CT molecular complexity index is 858. The van der Waals surface area contributed by atoms with Crippen molar-refractivity contribution in [2.24, 2.45) is 0 Å². The molecule has 0 radical (unpaired) electrons. The predicted octanol–water partition coefficient (Wildman–Crippen LogP) is 5.95. The smallest absolute Gasteiger partial charge is 0.277 e. The molecule has 3 aromatic rings. The largest absolute Gasteiger partial charge is 0.481 e. The molecular formula is C17H13Cl2FN2O2S. The van der Waals surface area contributed by atoms with Crippen LogP contribution in [0.4, 0.5) is 4.39 Å². The Morgan fingerprint density at radius 3 is 2.64 bits per heavy atom. The lowest BCUT2D eigenvalue weighted by molar-refractivity contribution is 0.181. The van der Waals surface area contributed by atoms with Gasteiger partial charge in [-0.25, -0.2) is 4.39 Å². The maximum atomic E-state index is 12.9. The van der Waals surface area contributed by atoms with E-state index < -0.39 is 6.10 Å². The van der Waals surface area contributed by atoms with Crippen molar-refractivity contribution in [3.05, 3.63) is 69.8 Å². The second-order valence-electron chi connectivity index (χ2n) is 5.14. The van der Waals surface area contributed by atoms with E-state index in [1.165, 1.54) is 23.9 Å². The highest BCUT2D eigenvalue weighted by molar-refractivity contribution is 7.98. The van der Waals surface area contributed by atoms with Gasteiger partial charge >= 0.3 is 0 Å². The van der Waals surface area contributed by atoms with E-state index in [0.717, 1.165) is 5.56 Å². The standard InChI is InChI=1S/C17H13Cl2FN2O2S/c1-10(23-14-6-4-13(20)5-7-14)16-21-22-17(24-16)25-9-11-2-3-12(18)8-15(11)19/h2-8,10H,9H2,1H3/t10-/m1/s1.